The van der Waals surface area contributed by atoms with Crippen molar-refractivity contribution in [1.82, 2.24) is 0 Å². The van der Waals surface area contributed by atoms with Gasteiger partial charge >= 0.3 is 6.09 Å². The van der Waals surface area contributed by atoms with Crippen LogP contribution in [-0.4, -0.2) is 11.7 Å². The third-order valence-corrected chi connectivity index (χ3v) is 3.15. The van der Waals surface area contributed by atoms with Crippen molar-refractivity contribution in [3.05, 3.63) is 15.8 Å². The van der Waals surface area contributed by atoms with Gasteiger partial charge in [-0.2, -0.15) is 0 Å². The summed E-state index contributed by atoms with van der Waals surface area (Å²) in [5.74, 6) is 0. The molecular formula is C12H19NO2S. The van der Waals surface area contributed by atoms with Gasteiger partial charge in [-0.1, -0.05) is 6.92 Å². The summed E-state index contributed by atoms with van der Waals surface area (Å²) in [4.78, 5) is 13.9. The first-order valence-corrected chi connectivity index (χ1v) is 6.23. The number of carbonyl (C=O) groups is 1. The van der Waals surface area contributed by atoms with Crippen LogP contribution in [0, 0.1) is 6.92 Å². The Bertz CT molecular complexity index is 377. The summed E-state index contributed by atoms with van der Waals surface area (Å²) in [6.45, 7) is 9.65. The van der Waals surface area contributed by atoms with E-state index in [-0.39, 0.29) is 0 Å². The molecule has 0 unspecified atom stereocenters. The predicted octanol–water partition coefficient (Wildman–Crippen LogP) is 3.97. The first-order valence-electron chi connectivity index (χ1n) is 5.41. The fourth-order valence-electron chi connectivity index (χ4n) is 1.26. The normalized spacial score (nSPS) is 11.3. The highest BCUT2D eigenvalue weighted by Gasteiger charge is 2.17. The number of hydrogen-bond acceptors (Lipinski definition) is 3. The highest BCUT2D eigenvalue weighted by atomic mass is 32.1. The Kier molecular flexibility index (Phi) is 3.97. The quantitative estimate of drug-likeness (QED) is 0.851. The summed E-state index contributed by atoms with van der Waals surface area (Å²) in [6.07, 6.45) is 0.595. The van der Waals surface area contributed by atoms with Crippen molar-refractivity contribution in [2.75, 3.05) is 5.32 Å². The summed E-state index contributed by atoms with van der Waals surface area (Å²) in [5.41, 5.74) is 0.401. The average Bonchev–Trinajstić information content (AvgIpc) is 2.44. The number of amides is 1. The molecule has 0 aliphatic carbocycles. The minimum absolute atomic E-state index is 0.393. The molecule has 90 valence electrons. The van der Waals surface area contributed by atoms with Crippen LogP contribution in [0.2, 0.25) is 0 Å². The molecule has 0 aromatic carbocycles. The SMILES string of the molecule is CCc1cc(NC(=O)OC(C)(C)C)c(C)s1. The fourth-order valence-corrected chi connectivity index (χ4v) is 2.19. The molecule has 4 heteroatoms. The van der Waals surface area contributed by atoms with Gasteiger partial charge in [-0.15, -0.1) is 11.3 Å². The number of anilines is 1. The topological polar surface area (TPSA) is 38.3 Å². The van der Waals surface area contributed by atoms with E-state index in [1.54, 1.807) is 11.3 Å². The van der Waals surface area contributed by atoms with Crippen molar-refractivity contribution in [2.24, 2.45) is 0 Å². The molecule has 1 heterocycles. The van der Waals surface area contributed by atoms with Gasteiger partial charge in [0.15, 0.2) is 0 Å². The number of nitrogens with one attached hydrogen (secondary N) is 1. The Morgan fingerprint density at radius 3 is 2.56 bits per heavy atom. The van der Waals surface area contributed by atoms with Crippen LogP contribution in [0.3, 0.4) is 0 Å². The number of aryl methyl sites for hydroxylation is 2. The van der Waals surface area contributed by atoms with Crippen molar-refractivity contribution in [2.45, 2.75) is 46.6 Å². The molecule has 0 aliphatic heterocycles. The van der Waals surface area contributed by atoms with E-state index < -0.39 is 11.7 Å². The van der Waals surface area contributed by atoms with Gasteiger partial charge in [0.2, 0.25) is 0 Å². The number of hydrogen-bond donors (Lipinski definition) is 1. The van der Waals surface area contributed by atoms with Crippen LogP contribution >= 0.6 is 11.3 Å². The van der Waals surface area contributed by atoms with E-state index in [1.165, 1.54) is 4.88 Å². The van der Waals surface area contributed by atoms with Crippen molar-refractivity contribution in [3.63, 3.8) is 0 Å². The molecule has 16 heavy (non-hydrogen) atoms. The van der Waals surface area contributed by atoms with Crippen molar-refractivity contribution < 1.29 is 9.53 Å². The van der Waals surface area contributed by atoms with Gasteiger partial charge in [0.1, 0.15) is 5.60 Å². The first kappa shape index (κ1) is 13.0. The van der Waals surface area contributed by atoms with Crippen LogP contribution in [0.5, 0.6) is 0 Å². The van der Waals surface area contributed by atoms with Gasteiger partial charge in [-0.3, -0.25) is 5.32 Å². The van der Waals surface area contributed by atoms with E-state index in [1.807, 2.05) is 33.8 Å². The summed E-state index contributed by atoms with van der Waals surface area (Å²) >= 11 is 1.70. The number of rotatable bonds is 2. The summed E-state index contributed by atoms with van der Waals surface area (Å²) in [7, 11) is 0. The summed E-state index contributed by atoms with van der Waals surface area (Å²) in [5, 5.41) is 2.77. The molecule has 0 aliphatic rings. The van der Waals surface area contributed by atoms with Gasteiger partial charge in [0.25, 0.3) is 0 Å². The standard InChI is InChI=1S/C12H19NO2S/c1-6-9-7-10(8(2)16-9)13-11(14)15-12(3,4)5/h7H,6H2,1-5H3,(H,13,14). The number of ether oxygens (including phenoxy) is 1. The lowest BCUT2D eigenvalue weighted by Crippen LogP contribution is -2.27. The van der Waals surface area contributed by atoms with E-state index in [4.69, 9.17) is 4.74 Å². The Hall–Kier alpha value is -1.03. The van der Waals surface area contributed by atoms with E-state index >= 15 is 0 Å². The van der Waals surface area contributed by atoms with Gasteiger partial charge < -0.3 is 4.74 Å². The molecule has 0 saturated heterocycles. The largest absolute Gasteiger partial charge is 0.444 e. The Labute approximate surface area is 101 Å². The van der Waals surface area contributed by atoms with Crippen molar-refractivity contribution in [3.8, 4) is 0 Å². The molecular weight excluding hydrogens is 222 g/mol. The molecule has 0 spiro atoms. The molecule has 1 N–H and O–H groups in total. The molecule has 3 nitrogen and oxygen atoms in total. The molecule has 0 atom stereocenters. The second kappa shape index (κ2) is 4.87. The Morgan fingerprint density at radius 1 is 1.50 bits per heavy atom. The Balaban J connectivity index is 2.66. The monoisotopic (exact) mass is 241 g/mol. The van der Waals surface area contributed by atoms with Crippen LogP contribution in [0.1, 0.15) is 37.4 Å². The van der Waals surface area contributed by atoms with E-state index in [2.05, 4.69) is 12.2 Å². The third kappa shape index (κ3) is 3.85. The van der Waals surface area contributed by atoms with Gasteiger partial charge in [-0.05, 0) is 40.2 Å². The van der Waals surface area contributed by atoms with E-state index in [9.17, 15) is 4.79 Å². The van der Waals surface area contributed by atoms with E-state index in [0.29, 0.717) is 0 Å². The van der Waals surface area contributed by atoms with Gasteiger partial charge in [0.05, 0.1) is 5.69 Å². The maximum absolute atomic E-state index is 11.5. The minimum Gasteiger partial charge on any atom is -0.444 e. The lowest BCUT2D eigenvalue weighted by molar-refractivity contribution is 0.0636. The first-order chi connectivity index (χ1) is 7.31. The second-order valence-electron chi connectivity index (χ2n) is 4.66. The van der Waals surface area contributed by atoms with Crippen LogP contribution in [0.15, 0.2) is 6.07 Å². The van der Waals surface area contributed by atoms with Crippen LogP contribution in [0.4, 0.5) is 10.5 Å². The number of carbonyl (C=O) groups excluding carboxylic acids is 1. The molecule has 1 aromatic rings. The highest BCUT2D eigenvalue weighted by molar-refractivity contribution is 7.12. The minimum atomic E-state index is -0.457. The lowest BCUT2D eigenvalue weighted by atomic mass is 10.2. The molecule has 1 rings (SSSR count). The Morgan fingerprint density at radius 2 is 2.12 bits per heavy atom. The lowest BCUT2D eigenvalue weighted by Gasteiger charge is -2.19. The predicted molar refractivity (Wildman–Crippen MR) is 68.3 cm³/mol. The van der Waals surface area contributed by atoms with Crippen molar-refractivity contribution >= 4 is 23.1 Å². The molecule has 0 saturated carbocycles. The average molecular weight is 241 g/mol. The highest BCUT2D eigenvalue weighted by Crippen LogP contribution is 2.26. The molecule has 0 radical (unpaired) electrons. The zero-order valence-electron chi connectivity index (χ0n) is 10.5. The zero-order chi connectivity index (χ0) is 12.3. The summed E-state index contributed by atoms with van der Waals surface area (Å²) < 4.78 is 5.19. The maximum Gasteiger partial charge on any atom is 0.412 e. The van der Waals surface area contributed by atoms with Crippen LogP contribution in [-0.2, 0) is 11.2 Å². The molecule has 0 bridgehead atoms. The van der Waals surface area contributed by atoms with Gasteiger partial charge in [0, 0.05) is 9.75 Å². The van der Waals surface area contributed by atoms with Crippen molar-refractivity contribution in [1.29, 1.82) is 0 Å². The molecule has 1 amide bonds. The van der Waals surface area contributed by atoms with E-state index in [0.717, 1.165) is 17.0 Å². The second-order valence-corrected chi connectivity index (χ2v) is 6.00. The summed E-state index contributed by atoms with van der Waals surface area (Å²) in [6, 6.07) is 2.00. The third-order valence-electron chi connectivity index (χ3n) is 1.95. The smallest absolute Gasteiger partial charge is 0.412 e. The fraction of sp³-hybridized carbons (Fsp3) is 0.583. The maximum atomic E-state index is 11.5. The van der Waals surface area contributed by atoms with Gasteiger partial charge in [-0.25, -0.2) is 4.79 Å². The zero-order valence-corrected chi connectivity index (χ0v) is 11.3. The molecule has 0 fully saturated rings. The van der Waals surface area contributed by atoms with Crippen LogP contribution < -0.4 is 5.32 Å². The number of thiophene rings is 1. The van der Waals surface area contributed by atoms with Crippen LogP contribution in [0.25, 0.3) is 0 Å². The molecule has 1 aromatic heterocycles.